The summed E-state index contributed by atoms with van der Waals surface area (Å²) in [6, 6.07) is 0. The Morgan fingerprint density at radius 2 is 2.07 bits per heavy atom. The van der Waals surface area contributed by atoms with Crippen LogP contribution in [0.3, 0.4) is 0 Å². The molecule has 1 rings (SSSR count). The molecule has 0 bridgehead atoms. The molecule has 4 heteroatoms. The molecule has 0 saturated heterocycles. The van der Waals surface area contributed by atoms with Gasteiger partial charge in [0.15, 0.2) is 0 Å². The van der Waals surface area contributed by atoms with Crippen molar-refractivity contribution in [3.8, 4) is 0 Å². The molecule has 0 atom stereocenters. The van der Waals surface area contributed by atoms with E-state index in [0.29, 0.717) is 12.3 Å². The third-order valence-electron chi connectivity index (χ3n) is 2.53. The zero-order valence-electron chi connectivity index (χ0n) is 8.66. The van der Waals surface area contributed by atoms with Crippen LogP contribution in [0.15, 0.2) is 5.16 Å². The number of carbonyl (C=O) groups is 1. The Morgan fingerprint density at radius 1 is 1.43 bits per heavy atom. The normalized spacial score (nSPS) is 19.4. The molecule has 0 aromatic carbocycles. The fourth-order valence-corrected chi connectivity index (χ4v) is 1.57. The number of nitrogens with two attached hydrogens (primary N) is 1. The Balaban J connectivity index is 2.33. The van der Waals surface area contributed by atoms with Crippen molar-refractivity contribution in [3.63, 3.8) is 0 Å². The van der Waals surface area contributed by atoms with Crippen molar-refractivity contribution in [1.29, 1.82) is 0 Å². The number of hydrogen-bond acceptors (Lipinski definition) is 4. The summed E-state index contributed by atoms with van der Waals surface area (Å²) in [6.07, 6.45) is 5.36. The molecule has 0 radical (unpaired) electrons. The minimum Gasteiger partial charge on any atom is -0.325 e. The van der Waals surface area contributed by atoms with Crippen LogP contribution >= 0.6 is 0 Å². The molecular formula is C10H18N2O2. The van der Waals surface area contributed by atoms with Gasteiger partial charge in [0, 0.05) is 6.54 Å². The zero-order valence-corrected chi connectivity index (χ0v) is 8.66. The average Bonchev–Trinajstić information content (AvgIpc) is 2.26. The Bertz CT molecular complexity index is 220. The summed E-state index contributed by atoms with van der Waals surface area (Å²) in [4.78, 5) is 16.3. The van der Waals surface area contributed by atoms with E-state index in [1.54, 1.807) is 6.92 Å². The van der Waals surface area contributed by atoms with Crippen molar-refractivity contribution in [3.05, 3.63) is 0 Å². The first-order valence-electron chi connectivity index (χ1n) is 5.18. The van der Waals surface area contributed by atoms with Gasteiger partial charge < -0.3 is 10.6 Å². The summed E-state index contributed by atoms with van der Waals surface area (Å²) in [5, 5.41) is 3.66. The van der Waals surface area contributed by atoms with Gasteiger partial charge in [0.2, 0.25) is 0 Å². The van der Waals surface area contributed by atoms with Crippen LogP contribution in [0.5, 0.6) is 0 Å². The molecule has 80 valence electrons. The molecule has 2 N–H and O–H groups in total. The molecular weight excluding hydrogens is 180 g/mol. The van der Waals surface area contributed by atoms with E-state index in [0.717, 1.165) is 25.7 Å². The molecule has 1 saturated carbocycles. The average molecular weight is 198 g/mol. The van der Waals surface area contributed by atoms with Gasteiger partial charge in [0.25, 0.3) is 0 Å². The molecule has 0 aliphatic heterocycles. The number of rotatable bonds is 3. The Morgan fingerprint density at radius 3 is 2.64 bits per heavy atom. The Kier molecular flexibility index (Phi) is 4.59. The molecule has 0 spiro atoms. The lowest BCUT2D eigenvalue weighted by molar-refractivity contribution is -0.149. The number of oxime groups is 1. The van der Waals surface area contributed by atoms with E-state index in [1.807, 2.05) is 0 Å². The Hall–Kier alpha value is -0.900. The quantitative estimate of drug-likeness (QED) is 0.424. The molecule has 0 unspecified atom stereocenters. The minimum absolute atomic E-state index is 0.0538. The predicted molar refractivity (Wildman–Crippen MR) is 54.8 cm³/mol. The smallest absolute Gasteiger partial charge is 0.325 e. The van der Waals surface area contributed by atoms with Gasteiger partial charge in [-0.2, -0.15) is 0 Å². The van der Waals surface area contributed by atoms with Crippen LogP contribution in [-0.2, 0) is 9.63 Å². The molecule has 0 amide bonds. The van der Waals surface area contributed by atoms with E-state index in [1.165, 1.54) is 6.42 Å². The number of nitrogens with zero attached hydrogens (tertiary/aromatic N) is 1. The summed E-state index contributed by atoms with van der Waals surface area (Å²) >= 11 is 0. The van der Waals surface area contributed by atoms with E-state index >= 15 is 0 Å². The maximum atomic E-state index is 11.4. The van der Waals surface area contributed by atoms with Crippen LogP contribution in [0.4, 0.5) is 0 Å². The van der Waals surface area contributed by atoms with Gasteiger partial charge in [-0.15, -0.1) is 0 Å². The van der Waals surface area contributed by atoms with Crippen LogP contribution in [0.25, 0.3) is 0 Å². The molecule has 1 fully saturated rings. The van der Waals surface area contributed by atoms with Crippen LogP contribution in [0, 0.1) is 5.92 Å². The van der Waals surface area contributed by atoms with Crippen molar-refractivity contribution < 1.29 is 9.63 Å². The summed E-state index contributed by atoms with van der Waals surface area (Å²) in [6.45, 7) is 2.08. The van der Waals surface area contributed by atoms with Crippen molar-refractivity contribution in [1.82, 2.24) is 0 Å². The lowest BCUT2D eigenvalue weighted by Gasteiger charge is -2.17. The highest BCUT2D eigenvalue weighted by molar-refractivity contribution is 5.84. The summed E-state index contributed by atoms with van der Waals surface area (Å²) in [5.74, 6) is -0.143. The van der Waals surface area contributed by atoms with E-state index in [4.69, 9.17) is 10.6 Å². The Labute approximate surface area is 84.5 Å². The lowest BCUT2D eigenvalue weighted by atomic mass is 9.89. The SMILES string of the molecule is C/C(CN)=N/OC(=O)C1CCCCC1. The van der Waals surface area contributed by atoms with Gasteiger partial charge in [-0.3, -0.25) is 0 Å². The van der Waals surface area contributed by atoms with Gasteiger partial charge in [0.05, 0.1) is 11.6 Å². The molecule has 1 aliphatic carbocycles. The van der Waals surface area contributed by atoms with Crippen LogP contribution in [-0.4, -0.2) is 18.2 Å². The highest BCUT2D eigenvalue weighted by Gasteiger charge is 2.22. The summed E-state index contributed by atoms with van der Waals surface area (Å²) in [7, 11) is 0. The fraction of sp³-hybridized carbons (Fsp3) is 0.800. The van der Waals surface area contributed by atoms with Gasteiger partial charge in [-0.25, -0.2) is 4.79 Å². The topological polar surface area (TPSA) is 64.7 Å². The molecule has 0 heterocycles. The maximum absolute atomic E-state index is 11.4. The van der Waals surface area contributed by atoms with E-state index in [-0.39, 0.29) is 11.9 Å². The van der Waals surface area contributed by atoms with Crippen molar-refractivity contribution in [2.24, 2.45) is 16.8 Å². The van der Waals surface area contributed by atoms with Crippen LogP contribution < -0.4 is 5.73 Å². The minimum atomic E-state index is -0.197. The maximum Gasteiger partial charge on any atom is 0.338 e. The van der Waals surface area contributed by atoms with Crippen LogP contribution in [0.2, 0.25) is 0 Å². The molecule has 14 heavy (non-hydrogen) atoms. The molecule has 0 aromatic heterocycles. The zero-order chi connectivity index (χ0) is 10.4. The first-order chi connectivity index (χ1) is 6.74. The highest BCUT2D eigenvalue weighted by atomic mass is 16.7. The van der Waals surface area contributed by atoms with Crippen molar-refractivity contribution >= 4 is 11.7 Å². The number of carbonyl (C=O) groups excluding carboxylic acids is 1. The standard InChI is InChI=1S/C10H18N2O2/c1-8(7-11)12-14-10(13)9-5-3-2-4-6-9/h9H,2-7,11H2,1H3/b12-8-. The first kappa shape index (κ1) is 11.2. The highest BCUT2D eigenvalue weighted by Crippen LogP contribution is 2.24. The predicted octanol–water partition coefficient (Wildman–Crippen LogP) is 1.44. The van der Waals surface area contributed by atoms with Gasteiger partial charge in [-0.1, -0.05) is 24.4 Å². The monoisotopic (exact) mass is 198 g/mol. The van der Waals surface area contributed by atoms with Crippen molar-refractivity contribution in [2.75, 3.05) is 6.54 Å². The second-order valence-corrected chi connectivity index (χ2v) is 3.78. The third kappa shape index (κ3) is 3.46. The first-order valence-corrected chi connectivity index (χ1v) is 5.18. The summed E-state index contributed by atoms with van der Waals surface area (Å²) < 4.78 is 0. The van der Waals surface area contributed by atoms with Crippen molar-refractivity contribution in [2.45, 2.75) is 39.0 Å². The van der Waals surface area contributed by atoms with E-state index in [9.17, 15) is 4.79 Å². The van der Waals surface area contributed by atoms with E-state index in [2.05, 4.69) is 5.16 Å². The van der Waals surface area contributed by atoms with Gasteiger partial charge in [-0.05, 0) is 19.8 Å². The van der Waals surface area contributed by atoms with Crippen LogP contribution in [0.1, 0.15) is 39.0 Å². The van der Waals surface area contributed by atoms with Gasteiger partial charge >= 0.3 is 5.97 Å². The second kappa shape index (κ2) is 5.75. The molecule has 0 aromatic rings. The third-order valence-corrected chi connectivity index (χ3v) is 2.53. The lowest BCUT2D eigenvalue weighted by Crippen LogP contribution is -2.20. The largest absolute Gasteiger partial charge is 0.338 e. The fourth-order valence-electron chi connectivity index (χ4n) is 1.57. The molecule has 4 nitrogen and oxygen atoms in total. The van der Waals surface area contributed by atoms with Gasteiger partial charge in [0.1, 0.15) is 0 Å². The summed E-state index contributed by atoms with van der Waals surface area (Å²) in [5.41, 5.74) is 5.96. The molecule has 1 aliphatic rings. The second-order valence-electron chi connectivity index (χ2n) is 3.78. The van der Waals surface area contributed by atoms with E-state index < -0.39 is 0 Å². The number of hydrogen-bond donors (Lipinski definition) is 1.